The van der Waals surface area contributed by atoms with Gasteiger partial charge < -0.3 is 9.09 Å². The van der Waals surface area contributed by atoms with Crippen molar-refractivity contribution in [2.45, 2.75) is 26.8 Å². The van der Waals surface area contributed by atoms with Crippen molar-refractivity contribution in [1.29, 1.82) is 0 Å². The smallest absolute Gasteiger partial charge is 0.167 e. The van der Waals surface area contributed by atoms with Gasteiger partial charge in [0.25, 0.3) is 0 Å². The third-order valence-electron chi connectivity index (χ3n) is 4.49. The molecule has 0 unspecified atom stereocenters. The van der Waals surface area contributed by atoms with Crippen molar-refractivity contribution in [3.05, 3.63) is 66.4 Å². The second-order valence-electron chi connectivity index (χ2n) is 6.48. The summed E-state index contributed by atoms with van der Waals surface area (Å²) in [5, 5.41) is 5.47. The molecular weight excluding hydrogens is 296 g/mol. The second kappa shape index (κ2) is 5.68. The molecule has 120 valence electrons. The lowest BCUT2D eigenvalue weighted by Gasteiger charge is -2.09. The van der Waals surface area contributed by atoms with E-state index in [0.717, 1.165) is 22.6 Å². The predicted molar refractivity (Wildman–Crippen MR) is 98.0 cm³/mol. The van der Waals surface area contributed by atoms with Gasteiger partial charge in [0.05, 0.1) is 0 Å². The molecule has 0 aliphatic carbocycles. The largest absolute Gasteiger partial charge is 0.356 e. The molecular formula is C21H20N2O. The number of aromatic nitrogens is 2. The summed E-state index contributed by atoms with van der Waals surface area (Å²) in [5.74, 6) is 0.799. The molecule has 0 bridgehead atoms. The quantitative estimate of drug-likeness (QED) is 0.474. The van der Waals surface area contributed by atoms with Gasteiger partial charge in [-0.15, -0.1) is 0 Å². The van der Waals surface area contributed by atoms with Gasteiger partial charge in [0.15, 0.2) is 5.76 Å². The minimum absolute atomic E-state index is 0.450. The fraction of sp³-hybridized carbons (Fsp3) is 0.190. The van der Waals surface area contributed by atoms with Gasteiger partial charge in [0.2, 0.25) is 0 Å². The molecule has 0 spiro atoms. The van der Waals surface area contributed by atoms with Crippen LogP contribution >= 0.6 is 0 Å². The Bertz CT molecular complexity index is 1010. The molecule has 0 N–H and O–H groups in total. The number of hydrogen-bond donors (Lipinski definition) is 0. The van der Waals surface area contributed by atoms with Crippen LogP contribution in [-0.2, 0) is 0 Å². The van der Waals surface area contributed by atoms with Crippen LogP contribution < -0.4 is 0 Å². The first kappa shape index (κ1) is 14.8. The van der Waals surface area contributed by atoms with Crippen LogP contribution in [0.3, 0.4) is 0 Å². The summed E-state index contributed by atoms with van der Waals surface area (Å²) < 4.78 is 7.88. The Kier molecular flexibility index (Phi) is 3.49. The lowest BCUT2D eigenvalue weighted by atomic mass is 10.0. The highest BCUT2D eigenvalue weighted by Crippen LogP contribution is 2.30. The van der Waals surface area contributed by atoms with Crippen molar-refractivity contribution in [1.82, 2.24) is 9.72 Å². The first-order chi connectivity index (χ1) is 11.6. The summed E-state index contributed by atoms with van der Waals surface area (Å²) in [6.07, 6.45) is 2.14. The van der Waals surface area contributed by atoms with Gasteiger partial charge in [0, 0.05) is 40.3 Å². The van der Waals surface area contributed by atoms with Gasteiger partial charge in [-0.3, -0.25) is 0 Å². The molecule has 0 aliphatic heterocycles. The molecule has 0 aliphatic rings. The minimum atomic E-state index is 0.450. The molecule has 3 heteroatoms. The van der Waals surface area contributed by atoms with Gasteiger partial charge in [-0.05, 0) is 50.6 Å². The average molecular weight is 316 g/mol. The molecule has 2 heterocycles. The van der Waals surface area contributed by atoms with Gasteiger partial charge >= 0.3 is 0 Å². The van der Waals surface area contributed by atoms with Gasteiger partial charge in [-0.25, -0.2) is 0 Å². The van der Waals surface area contributed by atoms with E-state index in [1.807, 2.05) is 18.2 Å². The minimum Gasteiger partial charge on any atom is -0.356 e. The molecule has 0 atom stereocenters. The van der Waals surface area contributed by atoms with Crippen LogP contribution in [0.25, 0.3) is 33.5 Å². The van der Waals surface area contributed by atoms with Crippen LogP contribution in [0.2, 0.25) is 0 Å². The third kappa shape index (κ3) is 2.42. The average Bonchev–Trinajstić information content (AvgIpc) is 3.21. The molecule has 0 saturated carbocycles. The lowest BCUT2D eigenvalue weighted by molar-refractivity contribution is 0.435. The normalized spacial score (nSPS) is 11.5. The van der Waals surface area contributed by atoms with Gasteiger partial charge in [0.1, 0.15) is 5.69 Å². The molecule has 0 radical (unpaired) electrons. The molecule has 0 fully saturated rings. The van der Waals surface area contributed by atoms with Crippen LogP contribution in [0, 0.1) is 6.92 Å². The highest BCUT2D eigenvalue weighted by Gasteiger charge is 2.12. The lowest BCUT2D eigenvalue weighted by Crippen LogP contribution is -1.97. The van der Waals surface area contributed by atoms with E-state index in [1.165, 1.54) is 16.5 Å². The molecule has 4 rings (SSSR count). The van der Waals surface area contributed by atoms with E-state index in [1.54, 1.807) is 0 Å². The van der Waals surface area contributed by atoms with Crippen LogP contribution in [-0.4, -0.2) is 9.72 Å². The zero-order valence-corrected chi connectivity index (χ0v) is 14.2. The predicted octanol–water partition coefficient (Wildman–Crippen LogP) is 5.85. The number of rotatable bonds is 3. The summed E-state index contributed by atoms with van der Waals surface area (Å²) >= 11 is 0. The van der Waals surface area contributed by atoms with Gasteiger partial charge in [-0.2, -0.15) is 0 Å². The Morgan fingerprint density at radius 1 is 1.00 bits per heavy atom. The Labute approximate surface area is 141 Å². The van der Waals surface area contributed by atoms with Crippen LogP contribution in [0.5, 0.6) is 0 Å². The number of hydrogen-bond acceptors (Lipinski definition) is 2. The maximum atomic E-state index is 5.61. The number of fused-ring (bicyclic) bond motifs is 1. The van der Waals surface area contributed by atoms with E-state index < -0.39 is 0 Å². The molecule has 3 nitrogen and oxygen atoms in total. The Hall–Kier alpha value is -2.81. The molecule has 24 heavy (non-hydrogen) atoms. The molecule has 0 saturated heterocycles. The maximum absolute atomic E-state index is 5.61. The van der Waals surface area contributed by atoms with E-state index in [9.17, 15) is 0 Å². The van der Waals surface area contributed by atoms with Crippen LogP contribution in [0.15, 0.2) is 65.3 Å². The first-order valence-corrected chi connectivity index (χ1v) is 8.27. The van der Waals surface area contributed by atoms with Crippen LogP contribution in [0.4, 0.5) is 0 Å². The van der Waals surface area contributed by atoms with E-state index in [-0.39, 0.29) is 0 Å². The van der Waals surface area contributed by atoms with E-state index in [0.29, 0.717) is 6.04 Å². The Balaban J connectivity index is 1.75. The molecule has 4 aromatic rings. The Morgan fingerprint density at radius 3 is 2.62 bits per heavy atom. The summed E-state index contributed by atoms with van der Waals surface area (Å²) in [5.41, 5.74) is 5.48. The van der Waals surface area contributed by atoms with Gasteiger partial charge in [-0.1, -0.05) is 29.4 Å². The SMILES string of the molecule is Cc1ccccc1-c1cc(-c2ccc3c(ccn3C(C)C)c2)on1. The van der Waals surface area contributed by atoms with Crippen molar-refractivity contribution >= 4 is 10.9 Å². The fourth-order valence-corrected chi connectivity index (χ4v) is 3.17. The van der Waals surface area contributed by atoms with E-state index in [2.05, 4.69) is 73.1 Å². The second-order valence-corrected chi connectivity index (χ2v) is 6.48. The molecule has 2 aromatic carbocycles. The molecule has 0 amide bonds. The van der Waals surface area contributed by atoms with Crippen molar-refractivity contribution < 1.29 is 4.52 Å². The monoisotopic (exact) mass is 316 g/mol. The van der Waals surface area contributed by atoms with Crippen molar-refractivity contribution in [3.63, 3.8) is 0 Å². The van der Waals surface area contributed by atoms with E-state index >= 15 is 0 Å². The summed E-state index contributed by atoms with van der Waals surface area (Å²) in [7, 11) is 0. The highest BCUT2D eigenvalue weighted by molar-refractivity contribution is 5.85. The molecule has 2 aromatic heterocycles. The third-order valence-corrected chi connectivity index (χ3v) is 4.49. The highest BCUT2D eigenvalue weighted by atomic mass is 16.5. The summed E-state index contributed by atoms with van der Waals surface area (Å²) in [4.78, 5) is 0. The number of aryl methyl sites for hydroxylation is 1. The zero-order valence-electron chi connectivity index (χ0n) is 14.2. The Morgan fingerprint density at radius 2 is 1.83 bits per heavy atom. The van der Waals surface area contributed by atoms with Crippen molar-refractivity contribution in [2.75, 3.05) is 0 Å². The summed E-state index contributed by atoms with van der Waals surface area (Å²) in [6, 6.07) is 19.3. The number of benzene rings is 2. The van der Waals surface area contributed by atoms with Crippen molar-refractivity contribution in [2.24, 2.45) is 0 Å². The topological polar surface area (TPSA) is 31.0 Å². The van der Waals surface area contributed by atoms with Crippen molar-refractivity contribution in [3.8, 4) is 22.6 Å². The first-order valence-electron chi connectivity index (χ1n) is 8.27. The maximum Gasteiger partial charge on any atom is 0.167 e. The number of nitrogens with zero attached hydrogens (tertiary/aromatic N) is 2. The van der Waals surface area contributed by atoms with Crippen LogP contribution in [0.1, 0.15) is 25.5 Å². The zero-order chi connectivity index (χ0) is 16.7. The summed E-state index contributed by atoms with van der Waals surface area (Å²) in [6.45, 7) is 6.47. The standard InChI is InChI=1S/C21H20N2O/c1-14(2)23-11-10-16-12-17(8-9-20(16)23)21-13-19(22-24-21)18-7-5-4-6-15(18)3/h4-14H,1-3H3. The fourth-order valence-electron chi connectivity index (χ4n) is 3.17. The van der Waals surface area contributed by atoms with E-state index in [4.69, 9.17) is 4.52 Å².